The molecule has 0 spiro atoms. The van der Waals surface area contributed by atoms with Crippen molar-refractivity contribution in [3.8, 4) is 0 Å². The minimum Gasteiger partial charge on any atom is -0.450 e. The second-order valence-electron chi connectivity index (χ2n) is 5.25. The highest BCUT2D eigenvalue weighted by Gasteiger charge is 2.52. The van der Waals surface area contributed by atoms with Gasteiger partial charge in [-0.3, -0.25) is 4.79 Å². The zero-order chi connectivity index (χ0) is 14.0. The zero-order valence-corrected chi connectivity index (χ0v) is 11.5. The van der Waals surface area contributed by atoms with Gasteiger partial charge in [-0.15, -0.1) is 0 Å². The number of carbonyl (C=O) groups is 2. The molecule has 2 rings (SSSR count). The molecule has 2 fully saturated rings. The van der Waals surface area contributed by atoms with Gasteiger partial charge in [-0.1, -0.05) is 13.3 Å². The van der Waals surface area contributed by atoms with Gasteiger partial charge in [0.25, 0.3) is 5.78 Å². The van der Waals surface area contributed by atoms with Crippen molar-refractivity contribution in [2.45, 2.75) is 57.7 Å². The van der Waals surface area contributed by atoms with Gasteiger partial charge < -0.3 is 18.9 Å². The number of Topliss-reactive ketones (excluding diaryl/α,β-unsaturated/α-hetero) is 1. The average Bonchev–Trinajstić information content (AvgIpc) is 2.83. The van der Waals surface area contributed by atoms with Crippen LogP contribution >= 0.6 is 0 Å². The molecular weight excluding hydrogens is 252 g/mol. The summed E-state index contributed by atoms with van der Waals surface area (Å²) in [6, 6.07) is 0. The van der Waals surface area contributed by atoms with Crippen LogP contribution in [0.5, 0.6) is 0 Å². The van der Waals surface area contributed by atoms with Gasteiger partial charge >= 0.3 is 5.97 Å². The van der Waals surface area contributed by atoms with Gasteiger partial charge in [0, 0.05) is 6.61 Å². The summed E-state index contributed by atoms with van der Waals surface area (Å²) >= 11 is 0. The number of ketones is 1. The third-order valence-electron chi connectivity index (χ3n) is 3.19. The largest absolute Gasteiger partial charge is 0.450 e. The second kappa shape index (κ2) is 5.56. The standard InChI is InChI=1S/C13H20O6/c1-4-5-6-16-11-9(14)12(15)18-10(11)8-7-17-13(2,3)19-8/h8,10-11H,4-7H2,1-3H3. The molecule has 0 aromatic rings. The second-order valence-corrected chi connectivity index (χ2v) is 5.25. The fourth-order valence-corrected chi connectivity index (χ4v) is 2.18. The summed E-state index contributed by atoms with van der Waals surface area (Å²) in [5.41, 5.74) is 0. The quantitative estimate of drug-likeness (QED) is 0.419. The predicted octanol–water partition coefficient (Wildman–Crippen LogP) is 0.818. The van der Waals surface area contributed by atoms with Crippen LogP contribution in [-0.2, 0) is 28.5 Å². The van der Waals surface area contributed by atoms with Crippen LogP contribution in [0.4, 0.5) is 0 Å². The van der Waals surface area contributed by atoms with Crippen molar-refractivity contribution < 1.29 is 28.5 Å². The molecule has 0 aromatic heterocycles. The molecule has 2 aliphatic heterocycles. The van der Waals surface area contributed by atoms with Crippen LogP contribution in [0, 0.1) is 0 Å². The van der Waals surface area contributed by atoms with Crippen LogP contribution in [0.25, 0.3) is 0 Å². The Labute approximate surface area is 112 Å². The van der Waals surface area contributed by atoms with E-state index < -0.39 is 35.9 Å². The highest BCUT2D eigenvalue weighted by molar-refractivity contribution is 6.37. The van der Waals surface area contributed by atoms with Crippen molar-refractivity contribution in [1.29, 1.82) is 0 Å². The molecule has 3 unspecified atom stereocenters. The summed E-state index contributed by atoms with van der Waals surface area (Å²) in [6.45, 7) is 6.29. The Bertz CT molecular complexity index is 364. The van der Waals surface area contributed by atoms with Crippen molar-refractivity contribution in [1.82, 2.24) is 0 Å². The van der Waals surface area contributed by atoms with Crippen molar-refractivity contribution in [2.75, 3.05) is 13.2 Å². The van der Waals surface area contributed by atoms with Gasteiger partial charge in [-0.25, -0.2) is 4.79 Å². The van der Waals surface area contributed by atoms with Crippen LogP contribution in [0.3, 0.4) is 0 Å². The van der Waals surface area contributed by atoms with Crippen molar-refractivity contribution >= 4 is 11.8 Å². The molecule has 0 aromatic carbocycles. The molecule has 0 amide bonds. The molecule has 0 radical (unpaired) electrons. The monoisotopic (exact) mass is 272 g/mol. The first-order valence-corrected chi connectivity index (χ1v) is 6.63. The van der Waals surface area contributed by atoms with Gasteiger partial charge in [-0.05, 0) is 20.3 Å². The lowest BCUT2D eigenvalue weighted by Gasteiger charge is -2.23. The van der Waals surface area contributed by atoms with E-state index in [1.165, 1.54) is 0 Å². The Balaban J connectivity index is 2.01. The number of unbranched alkanes of at least 4 members (excludes halogenated alkanes) is 1. The topological polar surface area (TPSA) is 71.1 Å². The number of rotatable bonds is 5. The van der Waals surface area contributed by atoms with E-state index in [0.29, 0.717) is 6.61 Å². The van der Waals surface area contributed by atoms with E-state index in [1.54, 1.807) is 13.8 Å². The predicted molar refractivity (Wildman–Crippen MR) is 64.4 cm³/mol. The van der Waals surface area contributed by atoms with Gasteiger partial charge in [0.1, 0.15) is 6.10 Å². The maximum atomic E-state index is 11.7. The number of hydrogen-bond acceptors (Lipinski definition) is 6. The fourth-order valence-electron chi connectivity index (χ4n) is 2.18. The normalized spacial score (nSPS) is 33.7. The molecule has 6 nitrogen and oxygen atoms in total. The number of hydrogen-bond donors (Lipinski definition) is 0. The highest BCUT2D eigenvalue weighted by Crippen LogP contribution is 2.30. The SMILES string of the molecule is CCCCOC1C(=O)C(=O)OC1C1COC(C)(C)O1. The molecule has 19 heavy (non-hydrogen) atoms. The molecule has 0 aliphatic carbocycles. The third-order valence-corrected chi connectivity index (χ3v) is 3.19. The molecule has 0 N–H and O–H groups in total. The van der Waals surface area contributed by atoms with E-state index in [4.69, 9.17) is 18.9 Å². The van der Waals surface area contributed by atoms with Crippen LogP contribution in [0.15, 0.2) is 0 Å². The van der Waals surface area contributed by atoms with E-state index >= 15 is 0 Å². The number of ether oxygens (including phenoxy) is 4. The Hall–Kier alpha value is -0.980. The summed E-state index contributed by atoms with van der Waals surface area (Å²) in [6.07, 6.45) is -0.258. The van der Waals surface area contributed by atoms with E-state index in [0.717, 1.165) is 12.8 Å². The maximum absolute atomic E-state index is 11.7. The summed E-state index contributed by atoms with van der Waals surface area (Å²) in [5, 5.41) is 0. The number of cyclic esters (lactones) is 1. The molecule has 3 atom stereocenters. The average molecular weight is 272 g/mol. The fraction of sp³-hybridized carbons (Fsp3) is 0.846. The smallest absolute Gasteiger partial charge is 0.378 e. The molecule has 2 saturated heterocycles. The van der Waals surface area contributed by atoms with Crippen LogP contribution < -0.4 is 0 Å². The molecule has 0 saturated carbocycles. The Kier molecular flexibility index (Phi) is 4.23. The molecule has 2 heterocycles. The highest BCUT2D eigenvalue weighted by atomic mass is 16.8. The van der Waals surface area contributed by atoms with E-state index in [-0.39, 0.29) is 6.61 Å². The first kappa shape index (κ1) is 14.4. The Morgan fingerprint density at radius 3 is 2.68 bits per heavy atom. The zero-order valence-electron chi connectivity index (χ0n) is 11.5. The number of esters is 1. The van der Waals surface area contributed by atoms with E-state index in [9.17, 15) is 9.59 Å². The lowest BCUT2D eigenvalue weighted by atomic mass is 10.1. The van der Waals surface area contributed by atoms with Crippen LogP contribution in [0.1, 0.15) is 33.6 Å². The van der Waals surface area contributed by atoms with E-state index in [1.807, 2.05) is 6.92 Å². The number of carbonyl (C=O) groups excluding carboxylic acids is 2. The summed E-state index contributed by atoms with van der Waals surface area (Å²) in [5.74, 6) is -2.20. The molecule has 2 aliphatic rings. The molecule has 108 valence electrons. The summed E-state index contributed by atoms with van der Waals surface area (Å²) in [7, 11) is 0. The van der Waals surface area contributed by atoms with Crippen LogP contribution in [-0.4, -0.2) is 49.1 Å². The molecule has 0 bridgehead atoms. The van der Waals surface area contributed by atoms with Crippen molar-refractivity contribution in [3.05, 3.63) is 0 Å². The first-order chi connectivity index (χ1) is 8.94. The van der Waals surface area contributed by atoms with E-state index in [2.05, 4.69) is 0 Å². The first-order valence-electron chi connectivity index (χ1n) is 6.63. The Morgan fingerprint density at radius 1 is 1.37 bits per heavy atom. The Morgan fingerprint density at radius 2 is 2.11 bits per heavy atom. The van der Waals surface area contributed by atoms with Crippen molar-refractivity contribution in [3.63, 3.8) is 0 Å². The van der Waals surface area contributed by atoms with Crippen molar-refractivity contribution in [2.24, 2.45) is 0 Å². The van der Waals surface area contributed by atoms with Crippen LogP contribution in [0.2, 0.25) is 0 Å². The van der Waals surface area contributed by atoms with Gasteiger partial charge in [0.2, 0.25) is 0 Å². The van der Waals surface area contributed by atoms with Gasteiger partial charge in [-0.2, -0.15) is 0 Å². The van der Waals surface area contributed by atoms with Gasteiger partial charge in [0.15, 0.2) is 18.0 Å². The lowest BCUT2D eigenvalue weighted by Crippen LogP contribution is -2.41. The molecular formula is C13H20O6. The molecule has 6 heteroatoms. The maximum Gasteiger partial charge on any atom is 0.378 e. The van der Waals surface area contributed by atoms with Gasteiger partial charge in [0.05, 0.1) is 6.61 Å². The summed E-state index contributed by atoms with van der Waals surface area (Å²) in [4.78, 5) is 23.1. The third kappa shape index (κ3) is 3.13. The summed E-state index contributed by atoms with van der Waals surface area (Å²) < 4.78 is 21.6. The minimum atomic E-state index is -0.874. The minimum absolute atomic E-state index is 0.284. The lowest BCUT2D eigenvalue weighted by molar-refractivity contribution is -0.168.